The van der Waals surface area contributed by atoms with Crippen LogP contribution in [0.3, 0.4) is 0 Å². The van der Waals surface area contributed by atoms with Gasteiger partial charge in [-0.25, -0.2) is 4.79 Å². The van der Waals surface area contributed by atoms with Crippen molar-refractivity contribution in [1.82, 2.24) is 20.0 Å². The molecule has 158 valence electrons. The summed E-state index contributed by atoms with van der Waals surface area (Å²) in [5.41, 5.74) is 2.37. The third-order valence-corrected chi connectivity index (χ3v) is 5.18. The van der Waals surface area contributed by atoms with Crippen molar-refractivity contribution in [2.24, 2.45) is 5.92 Å². The van der Waals surface area contributed by atoms with Crippen molar-refractivity contribution in [3.8, 4) is 0 Å². The molecular weight excluding hydrogens is 364 g/mol. The Morgan fingerprint density at radius 2 is 1.97 bits per heavy atom. The van der Waals surface area contributed by atoms with Gasteiger partial charge in [0.05, 0.1) is 17.4 Å². The predicted octanol–water partition coefficient (Wildman–Crippen LogP) is 4.89. The maximum atomic E-state index is 12.6. The molecule has 1 saturated heterocycles. The molecule has 0 aliphatic carbocycles. The molecular formula is C23H34N4O2. The molecule has 2 aliphatic rings. The molecule has 0 spiro atoms. The molecule has 0 saturated carbocycles. The molecule has 1 fully saturated rings. The molecule has 1 aromatic heterocycles. The van der Waals surface area contributed by atoms with Gasteiger partial charge in [-0.1, -0.05) is 25.1 Å². The summed E-state index contributed by atoms with van der Waals surface area (Å²) in [6.07, 6.45) is 7.40. The van der Waals surface area contributed by atoms with E-state index in [2.05, 4.69) is 35.1 Å². The van der Waals surface area contributed by atoms with Crippen molar-refractivity contribution in [3.63, 3.8) is 0 Å². The topological polar surface area (TPSA) is 61.5 Å². The summed E-state index contributed by atoms with van der Waals surface area (Å²) in [4.78, 5) is 16.7. The van der Waals surface area contributed by atoms with Crippen LogP contribution >= 0.6 is 0 Å². The minimum atomic E-state index is -0.504. The summed E-state index contributed by atoms with van der Waals surface area (Å²) in [5, 5.41) is 8.09. The van der Waals surface area contributed by atoms with E-state index in [-0.39, 0.29) is 6.09 Å². The lowest BCUT2D eigenvalue weighted by Crippen LogP contribution is -2.39. The van der Waals surface area contributed by atoms with E-state index in [9.17, 15) is 4.79 Å². The largest absolute Gasteiger partial charge is 0.443 e. The number of aromatic nitrogens is 2. The Morgan fingerprint density at radius 1 is 1.24 bits per heavy atom. The number of H-pyrrole nitrogens is 1. The molecule has 1 N–H and O–H groups in total. The third-order valence-electron chi connectivity index (χ3n) is 5.18. The Kier molecular flexibility index (Phi) is 6.63. The zero-order valence-corrected chi connectivity index (χ0v) is 18.4. The molecule has 4 rings (SSSR count). The van der Waals surface area contributed by atoms with Crippen LogP contribution in [0.4, 0.5) is 4.79 Å². The van der Waals surface area contributed by atoms with Crippen LogP contribution in [0.1, 0.15) is 52.5 Å². The summed E-state index contributed by atoms with van der Waals surface area (Å²) in [6.45, 7) is 11.1. The zero-order valence-electron chi connectivity index (χ0n) is 18.4. The molecule has 1 atom stereocenters. The number of amides is 1. The van der Waals surface area contributed by atoms with Gasteiger partial charge in [0.25, 0.3) is 0 Å². The van der Waals surface area contributed by atoms with Crippen LogP contribution in [0.5, 0.6) is 0 Å². The van der Waals surface area contributed by atoms with Gasteiger partial charge >= 0.3 is 6.09 Å². The number of carbonyl (C=O) groups is 1. The average Bonchev–Trinajstić information content (AvgIpc) is 3.31. The molecule has 2 aliphatic heterocycles. The number of carbonyl (C=O) groups excluding carboxylic acids is 1. The fourth-order valence-corrected chi connectivity index (χ4v) is 3.64. The maximum Gasteiger partial charge on any atom is 0.414 e. The Hall–Kier alpha value is -2.34. The lowest BCUT2D eigenvalue weighted by Gasteiger charge is -2.33. The van der Waals surface area contributed by atoms with Crippen LogP contribution < -0.4 is 0 Å². The number of rotatable bonds is 1. The molecule has 0 radical (unpaired) electrons. The van der Waals surface area contributed by atoms with Gasteiger partial charge in [0.1, 0.15) is 5.60 Å². The first-order valence-electron chi connectivity index (χ1n) is 10.6. The maximum absolute atomic E-state index is 12.6. The second-order valence-corrected chi connectivity index (χ2v) is 9.20. The molecule has 1 unspecified atom stereocenters. The van der Waals surface area contributed by atoms with Crippen LogP contribution in [0.15, 0.2) is 30.5 Å². The molecule has 6 nitrogen and oxygen atoms in total. The Morgan fingerprint density at radius 3 is 2.59 bits per heavy atom. The Bertz CT molecular complexity index is 859. The molecule has 1 aromatic carbocycles. The molecule has 1 amide bonds. The fourth-order valence-electron chi connectivity index (χ4n) is 3.64. The minimum Gasteiger partial charge on any atom is -0.443 e. The van der Waals surface area contributed by atoms with E-state index in [0.717, 1.165) is 28.6 Å². The Labute approximate surface area is 173 Å². The number of nitrogens with zero attached hydrogens (tertiary/aromatic N) is 3. The zero-order chi connectivity index (χ0) is 21.0. The normalized spacial score (nSPS) is 20.2. The first-order chi connectivity index (χ1) is 13.7. The summed E-state index contributed by atoms with van der Waals surface area (Å²) < 4.78 is 5.58. The summed E-state index contributed by atoms with van der Waals surface area (Å²) in [5.74, 6) is 0.419. The molecule has 2 aromatic rings. The van der Waals surface area contributed by atoms with Crippen molar-refractivity contribution < 1.29 is 9.53 Å². The SMILES string of the molecule is CC1CC=C(c2ccc3cn[nH]c3c2)N(C(=O)OC(C)(C)C)C1.CN1CCCC1. The highest BCUT2D eigenvalue weighted by atomic mass is 16.6. The number of hydrogen-bond acceptors (Lipinski definition) is 4. The highest BCUT2D eigenvalue weighted by molar-refractivity contribution is 5.87. The summed E-state index contributed by atoms with van der Waals surface area (Å²) in [6, 6.07) is 6.07. The predicted molar refractivity (Wildman–Crippen MR) is 118 cm³/mol. The van der Waals surface area contributed by atoms with Gasteiger partial charge in [-0.2, -0.15) is 5.10 Å². The summed E-state index contributed by atoms with van der Waals surface area (Å²) >= 11 is 0. The van der Waals surface area contributed by atoms with Crippen LogP contribution in [-0.2, 0) is 4.74 Å². The van der Waals surface area contributed by atoms with E-state index >= 15 is 0 Å². The first kappa shape index (κ1) is 21.4. The van der Waals surface area contributed by atoms with Crippen LogP contribution in [-0.4, -0.2) is 58.4 Å². The number of ether oxygens (including phenoxy) is 1. The van der Waals surface area contributed by atoms with E-state index in [0.29, 0.717) is 12.5 Å². The van der Waals surface area contributed by atoms with E-state index in [1.54, 1.807) is 11.1 Å². The smallest absolute Gasteiger partial charge is 0.414 e. The second-order valence-electron chi connectivity index (χ2n) is 9.20. The van der Waals surface area contributed by atoms with E-state index < -0.39 is 5.60 Å². The quantitative estimate of drug-likeness (QED) is 0.743. The minimum absolute atomic E-state index is 0.292. The van der Waals surface area contributed by atoms with Crippen molar-refractivity contribution >= 4 is 22.7 Å². The number of benzene rings is 1. The van der Waals surface area contributed by atoms with Crippen molar-refractivity contribution in [1.29, 1.82) is 0 Å². The highest BCUT2D eigenvalue weighted by Crippen LogP contribution is 2.30. The third kappa shape index (κ3) is 5.82. The van der Waals surface area contributed by atoms with Gasteiger partial charge in [-0.05, 0) is 72.2 Å². The van der Waals surface area contributed by atoms with Crippen LogP contribution in [0.25, 0.3) is 16.6 Å². The number of hydrogen-bond donors (Lipinski definition) is 1. The fraction of sp³-hybridized carbons (Fsp3) is 0.565. The first-order valence-corrected chi connectivity index (χ1v) is 10.6. The average molecular weight is 399 g/mol. The summed E-state index contributed by atoms with van der Waals surface area (Å²) in [7, 11) is 2.17. The Balaban J connectivity index is 0.000000343. The highest BCUT2D eigenvalue weighted by Gasteiger charge is 2.29. The van der Waals surface area contributed by atoms with Gasteiger partial charge in [0, 0.05) is 17.5 Å². The van der Waals surface area contributed by atoms with E-state index in [1.165, 1.54) is 25.9 Å². The standard InChI is InChI=1S/C18H23N3O2.C5H11N/c1-12-5-8-16(21(11-12)17(22)23-18(2,3)4)13-6-7-14-10-19-20-15(14)9-13;1-6-4-2-3-5-6/h6-10,12H,5,11H2,1-4H3,(H,19,20);2-5H2,1H3. The number of fused-ring (bicyclic) bond motifs is 1. The number of likely N-dealkylation sites (tertiary alicyclic amines) is 1. The van der Waals surface area contributed by atoms with Gasteiger partial charge in [-0.15, -0.1) is 0 Å². The molecule has 0 bridgehead atoms. The molecule has 3 heterocycles. The number of aromatic amines is 1. The van der Waals surface area contributed by atoms with E-state index in [1.807, 2.05) is 39.0 Å². The molecule has 29 heavy (non-hydrogen) atoms. The van der Waals surface area contributed by atoms with Gasteiger partial charge < -0.3 is 9.64 Å². The van der Waals surface area contributed by atoms with Crippen molar-refractivity contribution in [3.05, 3.63) is 36.0 Å². The number of allylic oxidation sites excluding steroid dienone is 1. The van der Waals surface area contributed by atoms with Gasteiger partial charge in [0.2, 0.25) is 0 Å². The monoisotopic (exact) mass is 398 g/mol. The van der Waals surface area contributed by atoms with Crippen molar-refractivity contribution in [2.75, 3.05) is 26.7 Å². The van der Waals surface area contributed by atoms with Gasteiger partial charge in [-0.3, -0.25) is 10.00 Å². The van der Waals surface area contributed by atoms with E-state index in [4.69, 9.17) is 4.74 Å². The van der Waals surface area contributed by atoms with Crippen molar-refractivity contribution in [2.45, 2.75) is 52.6 Å². The van der Waals surface area contributed by atoms with Gasteiger partial charge in [0.15, 0.2) is 0 Å². The second kappa shape index (κ2) is 8.99. The lowest BCUT2D eigenvalue weighted by atomic mass is 9.98. The van der Waals surface area contributed by atoms with Crippen LogP contribution in [0, 0.1) is 5.92 Å². The van der Waals surface area contributed by atoms with Crippen LogP contribution in [0.2, 0.25) is 0 Å². The number of nitrogens with one attached hydrogen (secondary N) is 1. The lowest BCUT2D eigenvalue weighted by molar-refractivity contribution is 0.0327. The molecule has 6 heteroatoms.